The number of halogens is 1. The van der Waals surface area contributed by atoms with E-state index in [2.05, 4.69) is 5.32 Å². The van der Waals surface area contributed by atoms with Crippen LogP contribution >= 0.6 is 35.6 Å². The van der Waals surface area contributed by atoms with Crippen molar-refractivity contribution in [2.24, 2.45) is 0 Å². The van der Waals surface area contributed by atoms with Crippen LogP contribution in [0.1, 0.15) is 36.8 Å². The molecule has 6 nitrogen and oxygen atoms in total. The van der Waals surface area contributed by atoms with Gasteiger partial charge in [-0.3, -0.25) is 14.5 Å². The molecule has 4 rings (SSSR count). The summed E-state index contributed by atoms with van der Waals surface area (Å²) in [4.78, 5) is 27.4. The van der Waals surface area contributed by atoms with Gasteiger partial charge in [-0.25, -0.2) is 0 Å². The second kappa shape index (κ2) is 14.2. The van der Waals surface area contributed by atoms with Crippen LogP contribution in [0.5, 0.6) is 11.5 Å². The number of carbonyl (C=O) groups excluding carboxylic acids is 2. The molecule has 1 fully saturated rings. The number of methoxy groups -OCH3 is 1. The van der Waals surface area contributed by atoms with Crippen molar-refractivity contribution in [3.05, 3.63) is 93.9 Å². The SMILES string of the molecule is COc1cc(/C=C2\SC(=S)N(CCCCCC(=O)Nc3ccc(Cl)cc3)C2=O)ccc1OCc1ccccc1. The Labute approximate surface area is 243 Å². The molecule has 0 atom stereocenters. The minimum absolute atomic E-state index is 0.0437. The summed E-state index contributed by atoms with van der Waals surface area (Å²) >= 11 is 12.6. The number of rotatable bonds is 12. The molecule has 0 aliphatic carbocycles. The molecule has 0 saturated carbocycles. The molecule has 0 bridgehead atoms. The zero-order valence-electron chi connectivity index (χ0n) is 21.5. The summed E-state index contributed by atoms with van der Waals surface area (Å²) in [6.45, 7) is 0.957. The van der Waals surface area contributed by atoms with Crippen LogP contribution in [-0.2, 0) is 16.2 Å². The van der Waals surface area contributed by atoms with Gasteiger partial charge in [-0.15, -0.1) is 0 Å². The fourth-order valence-corrected chi connectivity index (χ4v) is 5.40. The van der Waals surface area contributed by atoms with Crippen LogP contribution in [0.15, 0.2) is 77.7 Å². The molecule has 3 aromatic rings. The Morgan fingerprint density at radius 3 is 2.54 bits per heavy atom. The van der Waals surface area contributed by atoms with Crippen LogP contribution in [0.4, 0.5) is 5.69 Å². The average molecular weight is 581 g/mol. The van der Waals surface area contributed by atoms with Crippen LogP contribution < -0.4 is 14.8 Å². The van der Waals surface area contributed by atoms with Gasteiger partial charge in [0.05, 0.1) is 12.0 Å². The van der Waals surface area contributed by atoms with Gasteiger partial charge < -0.3 is 14.8 Å². The predicted octanol–water partition coefficient (Wildman–Crippen LogP) is 7.33. The van der Waals surface area contributed by atoms with Crippen molar-refractivity contribution in [1.82, 2.24) is 4.90 Å². The summed E-state index contributed by atoms with van der Waals surface area (Å²) in [5.74, 6) is 1.08. The Morgan fingerprint density at radius 1 is 1.03 bits per heavy atom. The summed E-state index contributed by atoms with van der Waals surface area (Å²) in [7, 11) is 1.59. The van der Waals surface area contributed by atoms with Crippen LogP contribution in [0.25, 0.3) is 6.08 Å². The van der Waals surface area contributed by atoms with E-state index in [4.69, 9.17) is 33.3 Å². The van der Waals surface area contributed by atoms with Gasteiger partial charge in [-0.05, 0) is 66.4 Å². The highest BCUT2D eigenvalue weighted by molar-refractivity contribution is 8.26. The summed E-state index contributed by atoms with van der Waals surface area (Å²) in [6, 6.07) is 22.5. The lowest BCUT2D eigenvalue weighted by Gasteiger charge is -2.14. The minimum atomic E-state index is -0.103. The van der Waals surface area contributed by atoms with E-state index in [9.17, 15) is 9.59 Å². The lowest BCUT2D eigenvalue weighted by atomic mass is 10.1. The topological polar surface area (TPSA) is 67.9 Å². The van der Waals surface area contributed by atoms with Crippen molar-refractivity contribution >= 4 is 63.5 Å². The molecule has 1 heterocycles. The van der Waals surface area contributed by atoms with Gasteiger partial charge in [0.15, 0.2) is 11.5 Å². The standard InChI is InChI=1S/C30H29ClN2O4S2/c1-36-26-18-22(11-16-25(26)37-20-21-8-4-2-5-9-21)19-27-29(35)33(30(38)39-27)17-7-3-6-10-28(34)32-24-14-12-23(31)13-15-24/h2,4-5,8-9,11-16,18-19H,3,6-7,10,17,20H2,1H3,(H,32,34)/b27-19-. The molecule has 0 unspecified atom stereocenters. The molecule has 1 N–H and O–H groups in total. The fourth-order valence-electron chi connectivity index (χ4n) is 3.96. The molecular formula is C30H29ClN2O4S2. The van der Waals surface area contributed by atoms with Gasteiger partial charge in [-0.1, -0.05) is 78.4 Å². The average Bonchev–Trinajstić information content (AvgIpc) is 3.21. The van der Waals surface area contributed by atoms with E-state index in [1.165, 1.54) is 11.8 Å². The first-order valence-electron chi connectivity index (χ1n) is 12.6. The van der Waals surface area contributed by atoms with Crippen molar-refractivity contribution < 1.29 is 19.1 Å². The van der Waals surface area contributed by atoms with E-state index in [0.29, 0.717) is 45.3 Å². The maximum absolute atomic E-state index is 13.0. The van der Waals surface area contributed by atoms with Gasteiger partial charge in [0.2, 0.25) is 5.91 Å². The summed E-state index contributed by atoms with van der Waals surface area (Å²) in [5, 5.41) is 3.49. The number of carbonyl (C=O) groups is 2. The van der Waals surface area contributed by atoms with Crippen LogP contribution in [0, 0.1) is 0 Å². The Morgan fingerprint density at radius 2 is 1.79 bits per heavy atom. The van der Waals surface area contributed by atoms with Crippen molar-refractivity contribution in [3.8, 4) is 11.5 Å². The lowest BCUT2D eigenvalue weighted by molar-refractivity contribution is -0.122. The van der Waals surface area contributed by atoms with Crippen molar-refractivity contribution in [3.63, 3.8) is 0 Å². The highest BCUT2D eigenvalue weighted by atomic mass is 35.5. The highest BCUT2D eigenvalue weighted by Gasteiger charge is 2.31. The Hall–Kier alpha value is -3.33. The zero-order valence-corrected chi connectivity index (χ0v) is 23.9. The van der Waals surface area contributed by atoms with Gasteiger partial charge >= 0.3 is 0 Å². The number of thioether (sulfide) groups is 1. The number of anilines is 1. The molecule has 1 aliphatic heterocycles. The minimum Gasteiger partial charge on any atom is -0.493 e. The van der Waals surface area contributed by atoms with Gasteiger partial charge in [0, 0.05) is 23.7 Å². The van der Waals surface area contributed by atoms with Gasteiger partial charge in [0.1, 0.15) is 10.9 Å². The molecule has 0 aromatic heterocycles. The summed E-state index contributed by atoms with van der Waals surface area (Å²) in [5.41, 5.74) is 2.61. The third-order valence-electron chi connectivity index (χ3n) is 6.01. The zero-order chi connectivity index (χ0) is 27.6. The molecular weight excluding hydrogens is 552 g/mol. The first-order valence-corrected chi connectivity index (χ1v) is 14.2. The van der Waals surface area contributed by atoms with E-state index in [1.807, 2.05) is 54.6 Å². The molecule has 1 saturated heterocycles. The number of amides is 2. The third-order valence-corrected chi connectivity index (χ3v) is 7.64. The lowest BCUT2D eigenvalue weighted by Crippen LogP contribution is -2.29. The van der Waals surface area contributed by atoms with E-state index in [-0.39, 0.29) is 11.8 Å². The van der Waals surface area contributed by atoms with Gasteiger partial charge in [0.25, 0.3) is 5.91 Å². The maximum Gasteiger partial charge on any atom is 0.266 e. The summed E-state index contributed by atoms with van der Waals surface area (Å²) < 4.78 is 12.0. The Bertz CT molecular complexity index is 1350. The number of nitrogens with zero attached hydrogens (tertiary/aromatic N) is 1. The number of benzene rings is 3. The fraction of sp³-hybridized carbons (Fsp3) is 0.233. The van der Waals surface area contributed by atoms with Gasteiger partial charge in [-0.2, -0.15) is 0 Å². The van der Waals surface area contributed by atoms with E-state index < -0.39 is 0 Å². The molecule has 2 amide bonds. The highest BCUT2D eigenvalue weighted by Crippen LogP contribution is 2.35. The molecule has 3 aromatic carbocycles. The second-order valence-electron chi connectivity index (χ2n) is 8.88. The summed E-state index contributed by atoms with van der Waals surface area (Å²) in [6.07, 6.45) is 4.53. The number of ether oxygens (including phenoxy) is 2. The molecule has 9 heteroatoms. The second-order valence-corrected chi connectivity index (χ2v) is 11.0. The monoisotopic (exact) mass is 580 g/mol. The van der Waals surface area contributed by atoms with Crippen LogP contribution in [0.2, 0.25) is 5.02 Å². The first kappa shape index (κ1) is 28.7. The largest absolute Gasteiger partial charge is 0.493 e. The first-order chi connectivity index (χ1) is 18.9. The Balaban J connectivity index is 1.25. The van der Waals surface area contributed by atoms with Crippen molar-refractivity contribution in [2.45, 2.75) is 32.3 Å². The number of hydrogen-bond donors (Lipinski definition) is 1. The molecule has 39 heavy (non-hydrogen) atoms. The predicted molar refractivity (Wildman–Crippen MR) is 162 cm³/mol. The van der Waals surface area contributed by atoms with E-state index in [1.54, 1.807) is 36.3 Å². The molecule has 1 aliphatic rings. The molecule has 0 spiro atoms. The van der Waals surface area contributed by atoms with Crippen LogP contribution in [-0.4, -0.2) is 34.7 Å². The van der Waals surface area contributed by atoms with E-state index in [0.717, 1.165) is 36.1 Å². The quantitative estimate of drug-likeness (QED) is 0.137. The Kier molecular flexibility index (Phi) is 10.4. The van der Waals surface area contributed by atoms with Crippen LogP contribution in [0.3, 0.4) is 0 Å². The third kappa shape index (κ3) is 8.33. The number of thiocarbonyl (C=S) groups is 1. The van der Waals surface area contributed by atoms with Crippen molar-refractivity contribution in [2.75, 3.05) is 19.0 Å². The van der Waals surface area contributed by atoms with E-state index >= 15 is 0 Å². The number of nitrogens with one attached hydrogen (secondary N) is 1. The maximum atomic E-state index is 13.0. The number of hydrogen-bond acceptors (Lipinski definition) is 6. The number of unbranched alkanes of at least 4 members (excludes halogenated alkanes) is 2. The molecule has 202 valence electrons. The normalized spacial score (nSPS) is 14.1. The smallest absolute Gasteiger partial charge is 0.266 e. The molecule has 0 radical (unpaired) electrons. The van der Waals surface area contributed by atoms with Crippen molar-refractivity contribution in [1.29, 1.82) is 0 Å².